The highest BCUT2D eigenvalue weighted by Crippen LogP contribution is 2.12. The summed E-state index contributed by atoms with van der Waals surface area (Å²) in [7, 11) is 1.67. The summed E-state index contributed by atoms with van der Waals surface area (Å²) in [5, 5.41) is 3.03. The molecule has 126 valence electrons. The third-order valence-electron chi connectivity index (χ3n) is 3.44. The summed E-state index contributed by atoms with van der Waals surface area (Å²) in [6.45, 7) is 9.31. The summed E-state index contributed by atoms with van der Waals surface area (Å²) in [6, 6.07) is 8.40. The molecule has 0 bridgehead atoms. The number of nitrogens with one attached hydrogen (secondary N) is 1. The highest BCUT2D eigenvalue weighted by Gasteiger charge is 2.05. The van der Waals surface area contributed by atoms with Crippen LogP contribution in [-0.2, 0) is 17.8 Å². The van der Waals surface area contributed by atoms with Gasteiger partial charge in [-0.2, -0.15) is 0 Å². The third kappa shape index (κ3) is 7.95. The Morgan fingerprint density at radius 2 is 1.86 bits per heavy atom. The van der Waals surface area contributed by atoms with Gasteiger partial charge in [-0.3, -0.25) is 4.90 Å². The molecule has 0 saturated carbocycles. The number of hydrogen-bond donors (Lipinski definition) is 2. The van der Waals surface area contributed by atoms with Crippen LogP contribution in [0, 0.1) is 0 Å². The van der Waals surface area contributed by atoms with Crippen LogP contribution in [0.1, 0.15) is 25.0 Å². The van der Waals surface area contributed by atoms with E-state index in [0.29, 0.717) is 25.7 Å². The normalized spacial score (nSPS) is 11.4. The Labute approximate surface area is 151 Å². The topological polar surface area (TPSA) is 62.9 Å². The Balaban J connectivity index is 0.00000441. The van der Waals surface area contributed by atoms with E-state index < -0.39 is 0 Å². The van der Waals surface area contributed by atoms with Crippen LogP contribution in [0.25, 0.3) is 0 Å². The van der Waals surface area contributed by atoms with E-state index in [-0.39, 0.29) is 24.0 Å². The molecule has 1 aromatic carbocycles. The van der Waals surface area contributed by atoms with Crippen molar-refractivity contribution in [2.45, 2.75) is 26.9 Å². The van der Waals surface area contributed by atoms with Gasteiger partial charge in [0, 0.05) is 20.2 Å². The van der Waals surface area contributed by atoms with E-state index in [1.54, 1.807) is 7.11 Å². The molecule has 22 heavy (non-hydrogen) atoms. The predicted molar refractivity (Wildman–Crippen MR) is 104 cm³/mol. The fourth-order valence-electron chi connectivity index (χ4n) is 2.06. The van der Waals surface area contributed by atoms with Crippen molar-refractivity contribution in [1.29, 1.82) is 0 Å². The highest BCUT2D eigenvalue weighted by atomic mass is 127. The molecular weight excluding hydrogens is 391 g/mol. The molecule has 0 aliphatic carbocycles. The zero-order valence-corrected chi connectivity index (χ0v) is 16.2. The van der Waals surface area contributed by atoms with E-state index >= 15 is 0 Å². The Morgan fingerprint density at radius 3 is 2.45 bits per heavy atom. The molecule has 0 heterocycles. The Bertz CT molecular complexity index is 436. The summed E-state index contributed by atoms with van der Waals surface area (Å²) in [6.07, 6.45) is 0. The van der Waals surface area contributed by atoms with Crippen LogP contribution in [0.3, 0.4) is 0 Å². The van der Waals surface area contributed by atoms with Gasteiger partial charge < -0.3 is 15.8 Å². The number of aliphatic imine (C=N–C) groups is 1. The second-order valence-corrected chi connectivity index (χ2v) is 4.85. The molecule has 0 fully saturated rings. The van der Waals surface area contributed by atoms with Crippen molar-refractivity contribution in [1.82, 2.24) is 10.2 Å². The number of benzene rings is 1. The van der Waals surface area contributed by atoms with Gasteiger partial charge in [-0.1, -0.05) is 38.1 Å². The lowest BCUT2D eigenvalue weighted by atomic mass is 10.1. The first-order chi connectivity index (χ1) is 10.2. The molecule has 0 unspecified atom stereocenters. The molecule has 0 spiro atoms. The largest absolute Gasteiger partial charge is 0.383 e. The van der Waals surface area contributed by atoms with Crippen molar-refractivity contribution >= 4 is 29.9 Å². The fourth-order valence-corrected chi connectivity index (χ4v) is 2.06. The lowest BCUT2D eigenvalue weighted by molar-refractivity contribution is 0.204. The van der Waals surface area contributed by atoms with Gasteiger partial charge in [0.15, 0.2) is 5.96 Å². The molecule has 0 aliphatic heterocycles. The second kappa shape index (κ2) is 12.7. The highest BCUT2D eigenvalue weighted by molar-refractivity contribution is 14.0. The maximum absolute atomic E-state index is 5.84. The van der Waals surface area contributed by atoms with Crippen LogP contribution in [0.5, 0.6) is 0 Å². The standard InChI is InChI=1S/C16H28N4O.HI/c1-4-20(5-2)13-15-9-7-6-8-14(15)12-19-16(17)18-10-11-21-3;/h6-9H,4-5,10-13H2,1-3H3,(H3,17,18,19);1H. The average molecular weight is 420 g/mol. The summed E-state index contributed by atoms with van der Waals surface area (Å²) >= 11 is 0. The monoisotopic (exact) mass is 420 g/mol. The maximum Gasteiger partial charge on any atom is 0.188 e. The number of rotatable bonds is 9. The summed E-state index contributed by atoms with van der Waals surface area (Å²) in [5.41, 5.74) is 8.38. The molecule has 1 aromatic rings. The van der Waals surface area contributed by atoms with E-state index in [4.69, 9.17) is 10.5 Å². The minimum absolute atomic E-state index is 0. The SMILES string of the molecule is CCN(CC)Cc1ccccc1CN=C(N)NCCOC.I. The van der Waals surface area contributed by atoms with Gasteiger partial charge in [-0.25, -0.2) is 4.99 Å². The van der Waals surface area contributed by atoms with Crippen LogP contribution in [0.4, 0.5) is 0 Å². The Kier molecular flexibility index (Phi) is 12.2. The van der Waals surface area contributed by atoms with E-state index in [1.165, 1.54) is 11.1 Å². The molecule has 0 aliphatic rings. The minimum atomic E-state index is 0. The number of nitrogens with zero attached hydrogens (tertiary/aromatic N) is 2. The molecule has 3 N–H and O–H groups in total. The number of guanidine groups is 1. The van der Waals surface area contributed by atoms with E-state index in [9.17, 15) is 0 Å². The summed E-state index contributed by atoms with van der Waals surface area (Å²) in [5.74, 6) is 0.463. The van der Waals surface area contributed by atoms with Crippen LogP contribution in [0.2, 0.25) is 0 Å². The molecule has 1 rings (SSSR count). The zero-order chi connectivity index (χ0) is 15.5. The number of ether oxygens (including phenoxy) is 1. The van der Waals surface area contributed by atoms with E-state index in [0.717, 1.165) is 19.6 Å². The number of hydrogen-bond acceptors (Lipinski definition) is 3. The van der Waals surface area contributed by atoms with Crippen molar-refractivity contribution in [3.63, 3.8) is 0 Å². The minimum Gasteiger partial charge on any atom is -0.383 e. The van der Waals surface area contributed by atoms with Crippen molar-refractivity contribution in [2.24, 2.45) is 10.7 Å². The van der Waals surface area contributed by atoms with Gasteiger partial charge in [-0.15, -0.1) is 24.0 Å². The molecular formula is C16H29IN4O. The third-order valence-corrected chi connectivity index (χ3v) is 3.44. The fraction of sp³-hybridized carbons (Fsp3) is 0.562. The molecule has 0 radical (unpaired) electrons. The van der Waals surface area contributed by atoms with Crippen LogP contribution < -0.4 is 11.1 Å². The first-order valence-corrected chi connectivity index (χ1v) is 7.53. The van der Waals surface area contributed by atoms with Gasteiger partial charge in [0.05, 0.1) is 13.2 Å². The lowest BCUT2D eigenvalue weighted by Crippen LogP contribution is -2.34. The van der Waals surface area contributed by atoms with Gasteiger partial charge in [0.1, 0.15) is 0 Å². The number of methoxy groups -OCH3 is 1. The summed E-state index contributed by atoms with van der Waals surface area (Å²) < 4.78 is 4.96. The molecule has 6 heteroatoms. The lowest BCUT2D eigenvalue weighted by Gasteiger charge is -2.19. The van der Waals surface area contributed by atoms with Gasteiger partial charge >= 0.3 is 0 Å². The van der Waals surface area contributed by atoms with Gasteiger partial charge in [-0.05, 0) is 24.2 Å². The average Bonchev–Trinajstić information content (AvgIpc) is 2.51. The Hall–Kier alpha value is -0.860. The molecule has 0 aromatic heterocycles. The number of halogens is 1. The second-order valence-electron chi connectivity index (χ2n) is 4.85. The van der Waals surface area contributed by atoms with Crippen LogP contribution in [0.15, 0.2) is 29.3 Å². The smallest absolute Gasteiger partial charge is 0.188 e. The molecule has 5 nitrogen and oxygen atoms in total. The molecule has 0 amide bonds. The summed E-state index contributed by atoms with van der Waals surface area (Å²) in [4.78, 5) is 6.79. The van der Waals surface area contributed by atoms with Crippen molar-refractivity contribution in [2.75, 3.05) is 33.4 Å². The van der Waals surface area contributed by atoms with Gasteiger partial charge in [0.2, 0.25) is 0 Å². The van der Waals surface area contributed by atoms with E-state index in [1.807, 2.05) is 6.07 Å². The van der Waals surface area contributed by atoms with Crippen molar-refractivity contribution in [3.8, 4) is 0 Å². The van der Waals surface area contributed by atoms with Gasteiger partial charge in [0.25, 0.3) is 0 Å². The zero-order valence-electron chi connectivity index (χ0n) is 13.8. The first kappa shape index (κ1) is 21.1. The van der Waals surface area contributed by atoms with Crippen molar-refractivity contribution in [3.05, 3.63) is 35.4 Å². The maximum atomic E-state index is 5.84. The quantitative estimate of drug-likeness (QED) is 0.278. The Morgan fingerprint density at radius 1 is 1.23 bits per heavy atom. The predicted octanol–water partition coefficient (Wildman–Crippen LogP) is 2.20. The van der Waals surface area contributed by atoms with Crippen LogP contribution >= 0.6 is 24.0 Å². The van der Waals surface area contributed by atoms with Crippen molar-refractivity contribution < 1.29 is 4.74 Å². The number of nitrogens with two attached hydrogens (primary N) is 1. The molecule has 0 saturated heterocycles. The first-order valence-electron chi connectivity index (χ1n) is 7.53. The van der Waals surface area contributed by atoms with Crippen LogP contribution in [-0.4, -0.2) is 44.2 Å². The van der Waals surface area contributed by atoms with E-state index in [2.05, 4.69) is 47.3 Å². The molecule has 0 atom stereocenters.